The quantitative estimate of drug-likeness (QED) is 0.677. The van der Waals surface area contributed by atoms with Gasteiger partial charge in [-0.15, -0.1) is 11.3 Å². The predicted octanol–water partition coefficient (Wildman–Crippen LogP) is 1.95. The second kappa shape index (κ2) is 7.37. The monoisotopic (exact) mass is 347 g/mol. The Morgan fingerprint density at radius 2 is 2.33 bits per heavy atom. The van der Waals surface area contributed by atoms with E-state index in [0.29, 0.717) is 37.0 Å². The first kappa shape index (κ1) is 16.3. The summed E-state index contributed by atoms with van der Waals surface area (Å²) in [6.07, 6.45) is 0.448. The molecular weight excluding hydrogens is 330 g/mol. The van der Waals surface area contributed by atoms with Crippen LogP contribution in [-0.2, 0) is 17.8 Å². The van der Waals surface area contributed by atoms with Crippen molar-refractivity contribution >= 4 is 17.2 Å². The first-order valence-electron chi connectivity index (χ1n) is 7.36. The van der Waals surface area contributed by atoms with E-state index in [9.17, 15) is 4.79 Å². The third-order valence-corrected chi connectivity index (χ3v) is 4.26. The zero-order valence-electron chi connectivity index (χ0n) is 13.3. The molecule has 0 saturated heterocycles. The number of aromatic nitrogens is 4. The van der Waals surface area contributed by atoms with Crippen molar-refractivity contribution in [3.8, 4) is 10.6 Å². The van der Waals surface area contributed by atoms with Gasteiger partial charge in [0.2, 0.25) is 5.89 Å². The first-order chi connectivity index (χ1) is 11.7. The number of nitrogens with one attached hydrogen (secondary N) is 2. The number of nitrogens with zero attached hydrogens (tertiary/aromatic N) is 3. The molecule has 0 bridgehead atoms. The van der Waals surface area contributed by atoms with Crippen LogP contribution in [0.25, 0.3) is 10.6 Å². The first-order valence-corrected chi connectivity index (χ1v) is 8.18. The van der Waals surface area contributed by atoms with Gasteiger partial charge in [-0.25, -0.2) is 0 Å². The fourth-order valence-electron chi connectivity index (χ4n) is 2.10. The lowest BCUT2D eigenvalue weighted by Crippen LogP contribution is -2.26. The van der Waals surface area contributed by atoms with Crippen molar-refractivity contribution in [1.82, 2.24) is 25.7 Å². The summed E-state index contributed by atoms with van der Waals surface area (Å²) in [5, 5.41) is 13.5. The molecule has 0 aliphatic heterocycles. The van der Waals surface area contributed by atoms with E-state index >= 15 is 0 Å². The largest absolute Gasteiger partial charge is 0.377 e. The van der Waals surface area contributed by atoms with Gasteiger partial charge in [-0.3, -0.25) is 9.89 Å². The van der Waals surface area contributed by atoms with Gasteiger partial charge in [-0.1, -0.05) is 5.16 Å². The highest BCUT2D eigenvalue weighted by atomic mass is 32.1. The third-order valence-electron chi connectivity index (χ3n) is 3.22. The van der Waals surface area contributed by atoms with E-state index in [-0.39, 0.29) is 5.91 Å². The number of H-pyrrole nitrogens is 1. The van der Waals surface area contributed by atoms with E-state index in [1.165, 1.54) is 4.88 Å². The number of carbonyl (C=O) groups is 1. The molecule has 2 N–H and O–H groups in total. The van der Waals surface area contributed by atoms with E-state index < -0.39 is 0 Å². The van der Waals surface area contributed by atoms with Crippen molar-refractivity contribution in [3.63, 3.8) is 0 Å². The zero-order chi connectivity index (χ0) is 16.9. The molecule has 0 spiro atoms. The van der Waals surface area contributed by atoms with Crippen LogP contribution in [-0.4, -0.2) is 39.9 Å². The topological polar surface area (TPSA) is 106 Å². The van der Waals surface area contributed by atoms with E-state index in [2.05, 4.69) is 25.7 Å². The molecule has 0 fully saturated rings. The van der Waals surface area contributed by atoms with Crippen LogP contribution in [0.4, 0.5) is 0 Å². The average Bonchev–Trinajstić information content (AvgIpc) is 3.28. The maximum absolute atomic E-state index is 12.1. The fourth-order valence-corrected chi connectivity index (χ4v) is 2.93. The van der Waals surface area contributed by atoms with Gasteiger partial charge >= 0.3 is 0 Å². The Bertz CT molecular complexity index is 823. The fraction of sp³-hybridized carbons (Fsp3) is 0.333. The maximum Gasteiger partial charge on any atom is 0.271 e. The standard InChI is InChI=1S/C15H17N5O3S/c1-9-3-4-12(24-9)10-7-11(19-18-10)15(21)16-6-5-14-17-13(8-22-2)20-23-14/h3-4,7H,5-6,8H2,1-2H3,(H,16,21)(H,18,19). The molecule has 8 nitrogen and oxygen atoms in total. The van der Waals surface area contributed by atoms with Crippen molar-refractivity contribution in [2.45, 2.75) is 20.0 Å². The summed E-state index contributed by atoms with van der Waals surface area (Å²) >= 11 is 1.65. The second-order valence-corrected chi connectivity index (χ2v) is 6.41. The van der Waals surface area contributed by atoms with Gasteiger partial charge in [-0.2, -0.15) is 10.1 Å². The lowest BCUT2D eigenvalue weighted by atomic mass is 10.3. The van der Waals surface area contributed by atoms with Gasteiger partial charge in [0, 0.05) is 25.0 Å². The summed E-state index contributed by atoms with van der Waals surface area (Å²) in [4.78, 5) is 18.5. The minimum atomic E-state index is -0.248. The summed E-state index contributed by atoms with van der Waals surface area (Å²) in [7, 11) is 1.56. The highest BCUT2D eigenvalue weighted by molar-refractivity contribution is 7.15. The summed E-state index contributed by atoms with van der Waals surface area (Å²) in [5.74, 6) is 0.698. The van der Waals surface area contributed by atoms with Gasteiger partial charge in [-0.05, 0) is 25.1 Å². The Hall–Kier alpha value is -2.52. The van der Waals surface area contributed by atoms with E-state index in [1.54, 1.807) is 24.5 Å². The summed E-state index contributed by atoms with van der Waals surface area (Å²) < 4.78 is 9.97. The van der Waals surface area contributed by atoms with Crippen LogP contribution in [0.15, 0.2) is 22.7 Å². The average molecular weight is 347 g/mol. The van der Waals surface area contributed by atoms with Gasteiger partial charge in [0.25, 0.3) is 5.91 Å². The zero-order valence-corrected chi connectivity index (χ0v) is 14.1. The number of ether oxygens (including phenoxy) is 1. The molecule has 24 heavy (non-hydrogen) atoms. The molecule has 9 heteroatoms. The van der Waals surface area contributed by atoms with Gasteiger partial charge < -0.3 is 14.6 Å². The number of aromatic amines is 1. The minimum absolute atomic E-state index is 0.248. The predicted molar refractivity (Wildman–Crippen MR) is 87.7 cm³/mol. The highest BCUT2D eigenvalue weighted by Gasteiger charge is 2.13. The number of methoxy groups -OCH3 is 1. The van der Waals surface area contributed by atoms with E-state index in [4.69, 9.17) is 9.26 Å². The Morgan fingerprint density at radius 3 is 3.08 bits per heavy atom. The lowest BCUT2D eigenvalue weighted by Gasteiger charge is -1.99. The van der Waals surface area contributed by atoms with Crippen LogP contribution < -0.4 is 5.32 Å². The molecule has 0 aliphatic carbocycles. The Balaban J connectivity index is 1.52. The molecule has 0 saturated carbocycles. The number of hydrogen-bond acceptors (Lipinski definition) is 7. The van der Waals surface area contributed by atoms with Crippen molar-refractivity contribution in [2.75, 3.05) is 13.7 Å². The van der Waals surface area contributed by atoms with Crippen molar-refractivity contribution in [3.05, 3.63) is 40.5 Å². The van der Waals surface area contributed by atoms with Gasteiger partial charge in [0.1, 0.15) is 6.61 Å². The number of aryl methyl sites for hydroxylation is 1. The Labute approximate surface area is 142 Å². The summed E-state index contributed by atoms with van der Waals surface area (Å²) in [6.45, 7) is 2.72. The molecule has 126 valence electrons. The molecule has 3 aromatic rings. The molecule has 0 unspecified atom stereocenters. The molecular formula is C15H17N5O3S. The van der Waals surface area contributed by atoms with Gasteiger partial charge in [0.05, 0.1) is 10.6 Å². The van der Waals surface area contributed by atoms with Crippen molar-refractivity contribution in [1.29, 1.82) is 0 Å². The Kier molecular flexibility index (Phi) is 5.02. The van der Waals surface area contributed by atoms with Crippen LogP contribution in [0.1, 0.15) is 27.1 Å². The van der Waals surface area contributed by atoms with E-state index in [0.717, 1.165) is 10.6 Å². The SMILES string of the molecule is COCc1noc(CCNC(=O)c2cc(-c3ccc(C)s3)[nH]n2)n1. The van der Waals surface area contributed by atoms with Crippen LogP contribution >= 0.6 is 11.3 Å². The smallest absolute Gasteiger partial charge is 0.271 e. The molecule has 0 aliphatic rings. The van der Waals surface area contributed by atoms with E-state index in [1.807, 2.05) is 19.1 Å². The molecule has 0 radical (unpaired) electrons. The molecule has 0 aromatic carbocycles. The maximum atomic E-state index is 12.1. The molecule has 3 heterocycles. The lowest BCUT2D eigenvalue weighted by molar-refractivity contribution is 0.0948. The molecule has 0 atom stereocenters. The van der Waals surface area contributed by atoms with Crippen molar-refractivity contribution < 1.29 is 14.1 Å². The van der Waals surface area contributed by atoms with Crippen LogP contribution in [0.5, 0.6) is 0 Å². The highest BCUT2D eigenvalue weighted by Crippen LogP contribution is 2.26. The van der Waals surface area contributed by atoms with Crippen LogP contribution in [0.3, 0.4) is 0 Å². The molecule has 3 aromatic heterocycles. The summed E-state index contributed by atoms with van der Waals surface area (Å²) in [6, 6.07) is 5.77. The normalized spacial score (nSPS) is 10.9. The number of rotatable bonds is 7. The number of thiophene rings is 1. The number of hydrogen-bond donors (Lipinski definition) is 2. The second-order valence-electron chi connectivity index (χ2n) is 5.12. The van der Waals surface area contributed by atoms with Crippen LogP contribution in [0, 0.1) is 6.92 Å². The van der Waals surface area contributed by atoms with Gasteiger partial charge in [0.15, 0.2) is 11.5 Å². The molecule has 1 amide bonds. The van der Waals surface area contributed by atoms with Crippen LogP contribution in [0.2, 0.25) is 0 Å². The minimum Gasteiger partial charge on any atom is -0.377 e. The van der Waals surface area contributed by atoms with Crippen molar-refractivity contribution in [2.24, 2.45) is 0 Å². The Morgan fingerprint density at radius 1 is 1.46 bits per heavy atom. The molecule has 3 rings (SSSR count). The number of carbonyl (C=O) groups excluding carboxylic acids is 1. The third kappa shape index (κ3) is 3.87. The number of amides is 1. The summed E-state index contributed by atoms with van der Waals surface area (Å²) in [5.41, 5.74) is 1.18.